The molecule has 0 saturated heterocycles. The number of nitrogens with two attached hydrogens (primary N) is 1. The molecule has 0 aliphatic heterocycles. The number of nitrogen functional groups attached to an aromatic ring is 1. The fourth-order valence-corrected chi connectivity index (χ4v) is 2.12. The third kappa shape index (κ3) is 2.76. The van der Waals surface area contributed by atoms with Gasteiger partial charge in [-0.05, 0) is 36.2 Å². The van der Waals surface area contributed by atoms with Crippen LogP contribution in [0.1, 0.15) is 17.0 Å². The number of anilines is 1. The highest BCUT2D eigenvalue weighted by Gasteiger charge is 2.14. The first-order valence-corrected chi connectivity index (χ1v) is 6.56. The number of rotatable bonds is 3. The highest BCUT2D eigenvalue weighted by atomic mass is 19.1. The van der Waals surface area contributed by atoms with Crippen molar-refractivity contribution >= 4 is 5.69 Å². The molecule has 4 nitrogen and oxygen atoms in total. The van der Waals surface area contributed by atoms with E-state index in [2.05, 4.69) is 10.1 Å². The highest BCUT2D eigenvalue weighted by molar-refractivity contribution is 5.60. The van der Waals surface area contributed by atoms with E-state index in [0.29, 0.717) is 17.9 Å². The summed E-state index contributed by atoms with van der Waals surface area (Å²) in [6, 6.07) is 12.2. The Labute approximate surface area is 121 Å². The van der Waals surface area contributed by atoms with E-state index in [0.717, 1.165) is 11.1 Å². The lowest BCUT2D eigenvalue weighted by atomic mass is 10.1. The van der Waals surface area contributed by atoms with E-state index in [-0.39, 0.29) is 11.5 Å². The largest absolute Gasteiger partial charge is 0.399 e. The van der Waals surface area contributed by atoms with Gasteiger partial charge in [0.1, 0.15) is 5.82 Å². The molecule has 0 radical (unpaired) electrons. The van der Waals surface area contributed by atoms with Gasteiger partial charge in [0.25, 0.3) is 5.89 Å². The van der Waals surface area contributed by atoms with Crippen LogP contribution in [0.3, 0.4) is 0 Å². The van der Waals surface area contributed by atoms with Crippen molar-refractivity contribution in [3.63, 3.8) is 0 Å². The minimum Gasteiger partial charge on any atom is -0.399 e. The van der Waals surface area contributed by atoms with Gasteiger partial charge in [-0.2, -0.15) is 4.98 Å². The molecule has 5 heteroatoms. The zero-order chi connectivity index (χ0) is 14.8. The van der Waals surface area contributed by atoms with Crippen molar-refractivity contribution in [1.82, 2.24) is 10.1 Å². The Bertz CT molecular complexity index is 783. The van der Waals surface area contributed by atoms with Crippen LogP contribution in [-0.2, 0) is 6.42 Å². The molecule has 0 bridgehead atoms. The van der Waals surface area contributed by atoms with E-state index in [1.54, 1.807) is 0 Å². The van der Waals surface area contributed by atoms with Crippen LogP contribution in [0.15, 0.2) is 47.0 Å². The summed E-state index contributed by atoms with van der Waals surface area (Å²) in [5.74, 6) is 0.222. The van der Waals surface area contributed by atoms with Crippen LogP contribution in [-0.4, -0.2) is 10.1 Å². The lowest BCUT2D eigenvalue weighted by Crippen LogP contribution is -1.94. The molecular weight excluding hydrogens is 269 g/mol. The Kier molecular flexibility index (Phi) is 3.39. The van der Waals surface area contributed by atoms with Gasteiger partial charge in [0.05, 0.1) is 5.56 Å². The minimum atomic E-state index is -0.435. The maximum absolute atomic E-state index is 13.8. The van der Waals surface area contributed by atoms with Gasteiger partial charge in [0, 0.05) is 12.1 Å². The maximum atomic E-state index is 13.8. The fraction of sp³-hybridized carbons (Fsp3) is 0.125. The summed E-state index contributed by atoms with van der Waals surface area (Å²) in [6.45, 7) is 2.02. The Balaban J connectivity index is 1.90. The number of nitrogens with zero attached hydrogens (tertiary/aromatic N) is 2. The van der Waals surface area contributed by atoms with Crippen molar-refractivity contribution in [1.29, 1.82) is 0 Å². The molecule has 21 heavy (non-hydrogen) atoms. The van der Waals surface area contributed by atoms with E-state index in [9.17, 15) is 4.39 Å². The standard InChI is InChI=1S/C16H14FN3O/c1-10-4-2-3-5-11(10)8-15-19-16(21-20-15)13-9-12(18)6-7-14(13)17/h2-7,9H,8,18H2,1H3. The molecule has 3 aromatic rings. The molecule has 0 aliphatic carbocycles. The average molecular weight is 283 g/mol. The monoisotopic (exact) mass is 283 g/mol. The maximum Gasteiger partial charge on any atom is 0.260 e. The molecule has 3 rings (SSSR count). The molecule has 1 aromatic heterocycles. The van der Waals surface area contributed by atoms with Gasteiger partial charge in [-0.3, -0.25) is 0 Å². The molecule has 2 aromatic carbocycles. The van der Waals surface area contributed by atoms with Gasteiger partial charge in [-0.1, -0.05) is 29.4 Å². The number of hydrogen-bond acceptors (Lipinski definition) is 4. The van der Waals surface area contributed by atoms with Crippen molar-refractivity contribution in [3.05, 3.63) is 65.2 Å². The van der Waals surface area contributed by atoms with Crippen LogP contribution in [0.5, 0.6) is 0 Å². The van der Waals surface area contributed by atoms with Gasteiger partial charge < -0.3 is 10.3 Å². The molecule has 1 heterocycles. The van der Waals surface area contributed by atoms with E-state index in [4.69, 9.17) is 10.3 Å². The average Bonchev–Trinajstić information content (AvgIpc) is 2.92. The second-order valence-corrected chi connectivity index (χ2v) is 4.86. The van der Waals surface area contributed by atoms with Gasteiger partial charge in [-0.15, -0.1) is 0 Å². The predicted molar refractivity (Wildman–Crippen MR) is 78.1 cm³/mol. The van der Waals surface area contributed by atoms with Crippen molar-refractivity contribution in [2.24, 2.45) is 0 Å². The number of halogens is 1. The van der Waals surface area contributed by atoms with Gasteiger partial charge in [-0.25, -0.2) is 4.39 Å². The molecule has 0 aliphatic rings. The zero-order valence-electron chi connectivity index (χ0n) is 11.5. The normalized spacial score (nSPS) is 10.8. The Hall–Kier alpha value is -2.69. The predicted octanol–water partition coefficient (Wildman–Crippen LogP) is 3.36. The first-order valence-electron chi connectivity index (χ1n) is 6.56. The van der Waals surface area contributed by atoms with E-state index in [1.165, 1.54) is 18.2 Å². The Morgan fingerprint density at radius 3 is 2.81 bits per heavy atom. The third-order valence-corrected chi connectivity index (χ3v) is 3.30. The SMILES string of the molecule is Cc1ccccc1Cc1noc(-c2cc(N)ccc2F)n1. The van der Waals surface area contributed by atoms with Crippen LogP contribution in [0.4, 0.5) is 10.1 Å². The smallest absolute Gasteiger partial charge is 0.260 e. The van der Waals surface area contributed by atoms with Crippen molar-refractivity contribution < 1.29 is 8.91 Å². The highest BCUT2D eigenvalue weighted by Crippen LogP contribution is 2.24. The molecule has 2 N–H and O–H groups in total. The van der Waals surface area contributed by atoms with Gasteiger partial charge in [0.15, 0.2) is 5.82 Å². The summed E-state index contributed by atoms with van der Waals surface area (Å²) in [4.78, 5) is 4.25. The Morgan fingerprint density at radius 1 is 1.19 bits per heavy atom. The second kappa shape index (κ2) is 5.36. The van der Waals surface area contributed by atoms with Crippen LogP contribution in [0.2, 0.25) is 0 Å². The Morgan fingerprint density at radius 2 is 2.00 bits per heavy atom. The van der Waals surface area contributed by atoms with Crippen molar-refractivity contribution in [2.75, 3.05) is 5.73 Å². The molecule has 0 saturated carbocycles. The lowest BCUT2D eigenvalue weighted by molar-refractivity contribution is 0.421. The topological polar surface area (TPSA) is 64.9 Å². The number of aryl methyl sites for hydroxylation is 1. The third-order valence-electron chi connectivity index (χ3n) is 3.30. The van der Waals surface area contributed by atoms with E-state index in [1.807, 2.05) is 31.2 Å². The van der Waals surface area contributed by atoms with E-state index < -0.39 is 5.82 Å². The van der Waals surface area contributed by atoms with Crippen molar-refractivity contribution in [3.8, 4) is 11.5 Å². The molecule has 0 spiro atoms. The first kappa shape index (κ1) is 13.3. The molecular formula is C16H14FN3O. The van der Waals surface area contributed by atoms with Gasteiger partial charge >= 0.3 is 0 Å². The quantitative estimate of drug-likeness (QED) is 0.748. The summed E-state index contributed by atoms with van der Waals surface area (Å²) >= 11 is 0. The second-order valence-electron chi connectivity index (χ2n) is 4.86. The molecule has 0 amide bonds. The number of hydrogen-bond donors (Lipinski definition) is 1. The van der Waals surface area contributed by atoms with Crippen LogP contribution in [0.25, 0.3) is 11.5 Å². The van der Waals surface area contributed by atoms with Crippen molar-refractivity contribution in [2.45, 2.75) is 13.3 Å². The van der Waals surface area contributed by atoms with Crippen LogP contribution in [0, 0.1) is 12.7 Å². The summed E-state index contributed by atoms with van der Waals surface area (Å²) < 4.78 is 18.9. The van der Waals surface area contributed by atoms with Crippen LogP contribution >= 0.6 is 0 Å². The summed E-state index contributed by atoms with van der Waals surface area (Å²) in [6.07, 6.45) is 0.542. The zero-order valence-corrected chi connectivity index (χ0v) is 11.5. The first-order chi connectivity index (χ1) is 10.1. The molecule has 0 fully saturated rings. The van der Waals surface area contributed by atoms with E-state index >= 15 is 0 Å². The minimum absolute atomic E-state index is 0.142. The summed E-state index contributed by atoms with van der Waals surface area (Å²) in [5.41, 5.74) is 8.59. The van der Waals surface area contributed by atoms with Crippen LogP contribution < -0.4 is 5.73 Å². The molecule has 0 unspecified atom stereocenters. The lowest BCUT2D eigenvalue weighted by Gasteiger charge is -2.01. The number of benzene rings is 2. The summed E-state index contributed by atoms with van der Waals surface area (Å²) in [5, 5.41) is 3.91. The van der Waals surface area contributed by atoms with Gasteiger partial charge in [0.2, 0.25) is 0 Å². The fourth-order valence-electron chi connectivity index (χ4n) is 2.12. The molecule has 0 atom stereocenters. The summed E-state index contributed by atoms with van der Waals surface area (Å²) in [7, 11) is 0. The number of aromatic nitrogens is 2. The molecule has 106 valence electrons.